The Balaban J connectivity index is 1.26. The van der Waals surface area contributed by atoms with Crippen LogP contribution in [0.1, 0.15) is 32.2 Å². The lowest BCUT2D eigenvalue weighted by Crippen LogP contribution is -2.38. The number of benzene rings is 3. The minimum absolute atomic E-state index is 0.0220. The highest BCUT2D eigenvalue weighted by molar-refractivity contribution is 6.32. The van der Waals surface area contributed by atoms with Crippen molar-refractivity contribution >= 4 is 34.9 Å². The van der Waals surface area contributed by atoms with Crippen LogP contribution in [0.15, 0.2) is 83.3 Å². The van der Waals surface area contributed by atoms with E-state index in [9.17, 15) is 18.8 Å². The van der Waals surface area contributed by atoms with Crippen molar-refractivity contribution < 1.29 is 32.7 Å². The highest BCUT2D eigenvalue weighted by atomic mass is 35.5. The second-order valence-corrected chi connectivity index (χ2v) is 9.08. The number of carbonyl (C=O) groups excluding carboxylic acids is 3. The first-order valence-corrected chi connectivity index (χ1v) is 12.3. The first-order valence-electron chi connectivity index (χ1n) is 12.0. The van der Waals surface area contributed by atoms with Gasteiger partial charge in [-0.15, -0.1) is 0 Å². The normalized spacial score (nSPS) is 12.5. The molecule has 1 aliphatic rings. The van der Waals surface area contributed by atoms with Crippen LogP contribution in [0, 0.1) is 5.82 Å². The molecule has 10 heteroatoms. The average molecular weight is 549 g/mol. The number of amides is 2. The first kappa shape index (κ1) is 26.0. The number of Topliss-reactive ketones (excluding diaryl/α,β-unsaturated/α-hetero) is 1. The lowest BCUT2D eigenvalue weighted by molar-refractivity contribution is -0.121. The molecule has 1 aliphatic heterocycles. The zero-order chi connectivity index (χ0) is 27.4. The van der Waals surface area contributed by atoms with Crippen LogP contribution in [-0.4, -0.2) is 30.8 Å². The number of hydrogen-bond acceptors (Lipinski definition) is 6. The van der Waals surface area contributed by atoms with Gasteiger partial charge in [-0.05, 0) is 60.2 Å². The molecule has 4 aromatic rings. The molecule has 0 fully saturated rings. The molecule has 2 heterocycles. The molecule has 0 spiro atoms. The van der Waals surface area contributed by atoms with Crippen LogP contribution in [0.5, 0.6) is 11.5 Å². The van der Waals surface area contributed by atoms with E-state index in [0.29, 0.717) is 33.5 Å². The van der Waals surface area contributed by atoms with E-state index in [1.165, 1.54) is 23.1 Å². The van der Waals surface area contributed by atoms with Gasteiger partial charge in [0.05, 0.1) is 17.3 Å². The number of halogens is 2. The number of fused-ring (bicyclic) bond motifs is 1. The average Bonchev–Trinajstić information content (AvgIpc) is 3.42. The van der Waals surface area contributed by atoms with Gasteiger partial charge in [-0.3, -0.25) is 19.3 Å². The molecule has 0 saturated carbocycles. The van der Waals surface area contributed by atoms with Crippen molar-refractivity contribution in [3.8, 4) is 11.5 Å². The monoisotopic (exact) mass is 548 g/mol. The third kappa shape index (κ3) is 6.10. The maximum Gasteiger partial charge on any atom is 0.287 e. The molecule has 2 amide bonds. The zero-order valence-electron chi connectivity index (χ0n) is 20.5. The molecule has 0 aliphatic carbocycles. The number of carbonyl (C=O) groups is 3. The van der Waals surface area contributed by atoms with Crippen LogP contribution >= 0.6 is 11.6 Å². The molecule has 3 aromatic carbocycles. The van der Waals surface area contributed by atoms with E-state index < -0.39 is 5.91 Å². The minimum atomic E-state index is -0.453. The molecular formula is C29H22ClFN2O6. The van der Waals surface area contributed by atoms with Gasteiger partial charge in [0.15, 0.2) is 24.8 Å². The summed E-state index contributed by atoms with van der Waals surface area (Å²) in [5, 5.41) is 3.10. The van der Waals surface area contributed by atoms with Crippen LogP contribution in [-0.2, 0) is 17.9 Å². The van der Waals surface area contributed by atoms with Gasteiger partial charge in [0, 0.05) is 12.1 Å². The van der Waals surface area contributed by atoms with Crippen molar-refractivity contribution in [2.45, 2.75) is 13.1 Å². The summed E-state index contributed by atoms with van der Waals surface area (Å²) in [7, 11) is 0. The summed E-state index contributed by atoms with van der Waals surface area (Å²) in [6.07, 6.45) is 0. The zero-order valence-corrected chi connectivity index (χ0v) is 21.2. The second-order valence-electron chi connectivity index (χ2n) is 8.67. The van der Waals surface area contributed by atoms with Crippen LogP contribution in [0.3, 0.4) is 0 Å². The molecule has 0 atom stereocenters. The van der Waals surface area contributed by atoms with Gasteiger partial charge in [-0.1, -0.05) is 35.9 Å². The fraction of sp³-hybridized carbons (Fsp3) is 0.138. The molecule has 0 unspecified atom stereocenters. The molecule has 0 bridgehead atoms. The molecule has 0 radical (unpaired) electrons. The Morgan fingerprint density at radius 3 is 2.62 bits per heavy atom. The van der Waals surface area contributed by atoms with E-state index in [4.69, 9.17) is 25.5 Å². The number of rotatable bonds is 9. The van der Waals surface area contributed by atoms with E-state index in [1.54, 1.807) is 60.7 Å². The minimum Gasteiger partial charge on any atom is -0.484 e. The number of furan rings is 1. The molecule has 0 saturated heterocycles. The quantitative estimate of drug-likeness (QED) is 0.289. The van der Waals surface area contributed by atoms with E-state index in [2.05, 4.69) is 5.32 Å². The van der Waals surface area contributed by atoms with Crippen LogP contribution < -0.4 is 19.7 Å². The van der Waals surface area contributed by atoms with Crippen molar-refractivity contribution in [3.63, 3.8) is 0 Å². The summed E-state index contributed by atoms with van der Waals surface area (Å²) in [4.78, 5) is 39.5. The molecule has 5 rings (SSSR count). The lowest BCUT2D eigenvalue weighted by atomic mass is 10.1. The highest BCUT2D eigenvalue weighted by Gasteiger charge is 2.28. The standard InChI is InChI=1S/C29H22ClFN2O6/c30-22-3-1-2-4-25(22)37-16-24(34)19-7-11-26-23(13-19)33(28(35)17-38-26)15-21-10-12-27(39-21)29(36)32-14-18-5-8-20(31)9-6-18/h1-13H,14-17H2,(H,32,36). The fourth-order valence-corrected chi connectivity index (χ4v) is 4.14. The molecule has 1 aromatic heterocycles. The number of ketones is 1. The van der Waals surface area contributed by atoms with Crippen molar-refractivity contribution in [2.75, 3.05) is 18.1 Å². The lowest BCUT2D eigenvalue weighted by Gasteiger charge is -2.29. The molecule has 1 N–H and O–H groups in total. The Labute approximate surface area is 227 Å². The number of para-hydroxylation sites is 1. The van der Waals surface area contributed by atoms with E-state index >= 15 is 0 Å². The van der Waals surface area contributed by atoms with Crippen molar-refractivity contribution in [3.05, 3.63) is 112 Å². The largest absolute Gasteiger partial charge is 0.484 e. The third-order valence-corrected chi connectivity index (χ3v) is 6.30. The van der Waals surface area contributed by atoms with Crippen LogP contribution in [0.25, 0.3) is 0 Å². The summed E-state index contributed by atoms with van der Waals surface area (Å²) in [5.74, 6) is -0.210. The summed E-state index contributed by atoms with van der Waals surface area (Å²) in [6, 6.07) is 20.5. The molecule has 8 nitrogen and oxygen atoms in total. The smallest absolute Gasteiger partial charge is 0.287 e. The highest BCUT2D eigenvalue weighted by Crippen LogP contribution is 2.34. The van der Waals surface area contributed by atoms with Crippen molar-refractivity contribution in [2.24, 2.45) is 0 Å². The number of anilines is 1. The predicted octanol–water partition coefficient (Wildman–Crippen LogP) is 5.19. The second kappa shape index (κ2) is 11.4. The van der Waals surface area contributed by atoms with Gasteiger partial charge >= 0.3 is 0 Å². The number of nitrogens with one attached hydrogen (secondary N) is 1. The predicted molar refractivity (Wildman–Crippen MR) is 141 cm³/mol. The van der Waals surface area contributed by atoms with Gasteiger partial charge < -0.3 is 19.2 Å². The fourth-order valence-electron chi connectivity index (χ4n) is 3.95. The topological polar surface area (TPSA) is 98.1 Å². The Morgan fingerprint density at radius 2 is 1.82 bits per heavy atom. The third-order valence-electron chi connectivity index (χ3n) is 5.99. The molecular weight excluding hydrogens is 527 g/mol. The maximum atomic E-state index is 13.1. The number of nitrogens with zero attached hydrogens (tertiary/aromatic N) is 1. The first-order chi connectivity index (χ1) is 18.9. The van der Waals surface area contributed by atoms with Gasteiger partial charge in [0.1, 0.15) is 23.1 Å². The SMILES string of the molecule is O=C(COc1ccccc1Cl)c1ccc2c(c1)N(Cc1ccc(C(=O)NCc3ccc(F)cc3)o1)C(=O)CO2. The Hall–Kier alpha value is -4.63. The van der Waals surface area contributed by atoms with Gasteiger partial charge in [-0.2, -0.15) is 0 Å². The maximum absolute atomic E-state index is 13.1. The van der Waals surface area contributed by atoms with Crippen LogP contribution in [0.4, 0.5) is 10.1 Å². The van der Waals surface area contributed by atoms with Gasteiger partial charge in [0.2, 0.25) is 0 Å². The number of hydrogen-bond donors (Lipinski definition) is 1. The van der Waals surface area contributed by atoms with Crippen molar-refractivity contribution in [1.82, 2.24) is 5.32 Å². The van der Waals surface area contributed by atoms with Gasteiger partial charge in [-0.25, -0.2) is 4.39 Å². The van der Waals surface area contributed by atoms with E-state index in [0.717, 1.165) is 5.56 Å². The van der Waals surface area contributed by atoms with Crippen molar-refractivity contribution in [1.29, 1.82) is 0 Å². The summed E-state index contributed by atoms with van der Waals surface area (Å²) >= 11 is 6.09. The summed E-state index contributed by atoms with van der Waals surface area (Å²) < 4.78 is 29.9. The van der Waals surface area contributed by atoms with E-state index in [1.807, 2.05) is 0 Å². The Kier molecular flexibility index (Phi) is 7.60. The Bertz CT molecular complexity index is 1540. The molecule has 39 heavy (non-hydrogen) atoms. The molecule has 198 valence electrons. The van der Waals surface area contributed by atoms with Gasteiger partial charge in [0.25, 0.3) is 11.8 Å². The van der Waals surface area contributed by atoms with Crippen LogP contribution in [0.2, 0.25) is 5.02 Å². The summed E-state index contributed by atoms with van der Waals surface area (Å²) in [5.41, 5.74) is 1.45. The Morgan fingerprint density at radius 1 is 1.03 bits per heavy atom. The summed E-state index contributed by atoms with van der Waals surface area (Å²) in [6.45, 7) is -0.205. The van der Waals surface area contributed by atoms with E-state index in [-0.39, 0.29) is 49.6 Å². The number of ether oxygens (including phenoxy) is 2.